The van der Waals surface area contributed by atoms with Crippen LogP contribution in [-0.4, -0.2) is 31.8 Å². The van der Waals surface area contributed by atoms with Gasteiger partial charge in [0.1, 0.15) is 6.35 Å². The molecule has 0 bridgehead atoms. The molecule has 2 atom stereocenters. The van der Waals surface area contributed by atoms with Crippen LogP contribution in [0.5, 0.6) is 0 Å². The standard InChI is InChI=1S/C31H40ClO4P.CH4O/c1-6-24(4)30(20-26-10-7-8-11-27(15-14-26)23(2)3)25(5)16-18-34-22-37(33)35-19-17-31(36-37)28-12-9-13-29(32)21-28;1-2/h6-7,9-14,16,21,23,31H,1,8,15,17-20,22H2,2-5H3;2H,1H3/b10-7?,25-16-,26-14+,27-11+,30-24-;. The Kier molecular flexibility index (Phi) is 14.5. The predicted molar refractivity (Wildman–Crippen MR) is 163 cm³/mol. The summed E-state index contributed by atoms with van der Waals surface area (Å²) < 4.78 is 30.3. The molecule has 2 aliphatic rings. The summed E-state index contributed by atoms with van der Waals surface area (Å²) in [4.78, 5) is 0. The van der Waals surface area contributed by atoms with E-state index < -0.39 is 7.60 Å². The van der Waals surface area contributed by atoms with Gasteiger partial charge >= 0.3 is 7.60 Å². The molecule has 1 N–H and O–H groups in total. The fraction of sp³-hybridized carbons (Fsp3) is 0.438. The third-order valence-electron chi connectivity index (χ3n) is 6.76. The Hall–Kier alpha value is -1.98. The van der Waals surface area contributed by atoms with Crippen molar-refractivity contribution in [2.24, 2.45) is 5.92 Å². The third kappa shape index (κ3) is 10.8. The van der Waals surface area contributed by atoms with Gasteiger partial charge in [0.25, 0.3) is 0 Å². The van der Waals surface area contributed by atoms with Gasteiger partial charge < -0.3 is 14.4 Å². The number of ether oxygens (including phenoxy) is 1. The molecule has 1 heterocycles. The fourth-order valence-electron chi connectivity index (χ4n) is 4.41. The maximum absolute atomic E-state index is 13.2. The van der Waals surface area contributed by atoms with E-state index in [2.05, 4.69) is 58.6 Å². The van der Waals surface area contributed by atoms with E-state index in [9.17, 15) is 4.57 Å². The third-order valence-corrected chi connectivity index (χ3v) is 8.65. The molecule has 1 aromatic rings. The van der Waals surface area contributed by atoms with Crippen molar-refractivity contribution in [1.82, 2.24) is 0 Å². The van der Waals surface area contributed by atoms with Gasteiger partial charge in [-0.1, -0.05) is 86.2 Å². The first kappa shape index (κ1) is 33.2. The first-order valence-electron chi connectivity index (χ1n) is 13.4. The number of aliphatic hydroxyl groups excluding tert-OH is 1. The molecule has 1 saturated heterocycles. The van der Waals surface area contributed by atoms with E-state index in [1.165, 1.54) is 16.7 Å². The van der Waals surface area contributed by atoms with Crippen molar-refractivity contribution >= 4 is 19.2 Å². The minimum Gasteiger partial charge on any atom is -0.400 e. The van der Waals surface area contributed by atoms with Gasteiger partial charge in [-0.05, 0) is 79.0 Å². The highest BCUT2D eigenvalue weighted by atomic mass is 35.5. The van der Waals surface area contributed by atoms with Crippen molar-refractivity contribution in [3.63, 3.8) is 0 Å². The van der Waals surface area contributed by atoms with E-state index in [-0.39, 0.29) is 12.5 Å². The van der Waals surface area contributed by atoms with Gasteiger partial charge in [-0.2, -0.15) is 0 Å². The topological polar surface area (TPSA) is 65.0 Å². The number of hydrogen-bond donors (Lipinski definition) is 1. The summed E-state index contributed by atoms with van der Waals surface area (Å²) in [6, 6.07) is 7.44. The Morgan fingerprint density at radius 1 is 1.28 bits per heavy atom. The maximum Gasteiger partial charge on any atom is 0.356 e. The fourth-order valence-corrected chi connectivity index (χ4v) is 6.13. The molecule has 2 unspecified atom stereocenters. The van der Waals surface area contributed by atoms with Gasteiger partial charge in [0.05, 0.1) is 19.3 Å². The quantitative estimate of drug-likeness (QED) is 0.130. The molecule has 1 fully saturated rings. The first-order valence-corrected chi connectivity index (χ1v) is 15.5. The van der Waals surface area contributed by atoms with E-state index in [1.54, 1.807) is 0 Å². The summed E-state index contributed by atoms with van der Waals surface area (Å²) in [5, 5.41) is 7.63. The van der Waals surface area contributed by atoms with E-state index in [0.29, 0.717) is 30.6 Å². The number of allylic oxidation sites excluding steroid dienone is 10. The van der Waals surface area contributed by atoms with Crippen molar-refractivity contribution in [2.75, 3.05) is 26.7 Å². The highest BCUT2D eigenvalue weighted by Crippen LogP contribution is 2.56. The lowest BCUT2D eigenvalue weighted by molar-refractivity contribution is 0.0613. The summed E-state index contributed by atoms with van der Waals surface area (Å²) in [6.07, 6.45) is 16.0. The molecule has 0 amide bonds. The van der Waals surface area contributed by atoms with Crippen molar-refractivity contribution in [3.05, 3.63) is 106 Å². The van der Waals surface area contributed by atoms with Crippen molar-refractivity contribution in [3.8, 4) is 0 Å². The Labute approximate surface area is 240 Å². The molecule has 7 heteroatoms. The van der Waals surface area contributed by atoms with Gasteiger partial charge in [-0.15, -0.1) is 0 Å². The first-order chi connectivity index (χ1) is 18.7. The largest absolute Gasteiger partial charge is 0.400 e. The lowest BCUT2D eigenvalue weighted by Gasteiger charge is -2.29. The van der Waals surface area contributed by atoms with Crippen LogP contribution in [0, 0.1) is 5.92 Å². The van der Waals surface area contributed by atoms with Gasteiger partial charge in [0, 0.05) is 18.6 Å². The van der Waals surface area contributed by atoms with E-state index in [4.69, 9.17) is 30.5 Å². The number of rotatable bonds is 10. The highest BCUT2D eigenvalue weighted by Gasteiger charge is 2.34. The molecule has 0 radical (unpaired) electrons. The van der Waals surface area contributed by atoms with E-state index >= 15 is 0 Å². The Bertz CT molecular complexity index is 1160. The molecule has 3 rings (SSSR count). The molecular formula is C32H44ClO5P. The van der Waals surface area contributed by atoms with Crippen LogP contribution in [0.1, 0.15) is 65.0 Å². The summed E-state index contributed by atoms with van der Waals surface area (Å²) in [5.74, 6) is 0.553. The maximum atomic E-state index is 13.2. The Balaban J connectivity index is 0.00000260. The zero-order valence-corrected chi connectivity index (χ0v) is 25.6. The zero-order valence-electron chi connectivity index (χ0n) is 24.0. The summed E-state index contributed by atoms with van der Waals surface area (Å²) in [6.45, 7) is 13.3. The summed E-state index contributed by atoms with van der Waals surface area (Å²) in [5.41, 5.74) is 7.16. The number of halogens is 1. The second-order valence-corrected chi connectivity index (χ2v) is 12.3. The van der Waals surface area contributed by atoms with Crippen molar-refractivity contribution in [1.29, 1.82) is 0 Å². The van der Waals surface area contributed by atoms with Crippen molar-refractivity contribution in [2.45, 2.75) is 59.5 Å². The molecule has 0 aromatic heterocycles. The van der Waals surface area contributed by atoms with Crippen LogP contribution in [-0.2, 0) is 18.3 Å². The lowest BCUT2D eigenvalue weighted by atomic mass is 9.90. The minimum atomic E-state index is -3.36. The molecule has 0 spiro atoms. The smallest absolute Gasteiger partial charge is 0.356 e. The number of benzene rings is 1. The van der Waals surface area contributed by atoms with Crippen LogP contribution in [0.2, 0.25) is 5.02 Å². The SMILES string of the molecule is C=C/C(C)=C(C/C1=C/C/C(C(C)C)=C\CC=C1)\C(C)=C/COCP1(=O)OCCC(c2cccc(Cl)c2)O1.CO. The second kappa shape index (κ2) is 17.0. The highest BCUT2D eigenvalue weighted by molar-refractivity contribution is 7.53. The second-order valence-electron chi connectivity index (χ2n) is 9.87. The van der Waals surface area contributed by atoms with Crippen LogP contribution in [0.4, 0.5) is 0 Å². The average molecular weight is 575 g/mol. The molecular weight excluding hydrogens is 531 g/mol. The molecule has 1 aliphatic carbocycles. The van der Waals surface area contributed by atoms with Gasteiger partial charge in [-0.3, -0.25) is 9.09 Å². The molecule has 5 nitrogen and oxygen atoms in total. The van der Waals surface area contributed by atoms with Crippen LogP contribution in [0.25, 0.3) is 0 Å². The average Bonchev–Trinajstić information content (AvgIpc) is 2.91. The molecule has 39 heavy (non-hydrogen) atoms. The number of aliphatic hydroxyl groups is 1. The van der Waals surface area contributed by atoms with Crippen LogP contribution in [0.3, 0.4) is 0 Å². The lowest BCUT2D eigenvalue weighted by Crippen LogP contribution is -2.16. The van der Waals surface area contributed by atoms with E-state index in [0.717, 1.165) is 43.1 Å². The number of hydrogen-bond acceptors (Lipinski definition) is 5. The minimum absolute atomic E-state index is 0.0917. The summed E-state index contributed by atoms with van der Waals surface area (Å²) >= 11 is 6.11. The normalized spacial score (nSPS) is 25.2. The molecule has 0 saturated carbocycles. The molecule has 1 aliphatic heterocycles. The van der Waals surface area contributed by atoms with Gasteiger partial charge in [-0.25, -0.2) is 0 Å². The van der Waals surface area contributed by atoms with Gasteiger partial charge in [0.2, 0.25) is 0 Å². The molecule has 214 valence electrons. The zero-order chi connectivity index (χ0) is 28.8. The van der Waals surface area contributed by atoms with Gasteiger partial charge in [0.15, 0.2) is 0 Å². The van der Waals surface area contributed by atoms with E-state index in [1.807, 2.05) is 36.4 Å². The summed E-state index contributed by atoms with van der Waals surface area (Å²) in [7, 11) is -2.36. The Morgan fingerprint density at radius 3 is 2.74 bits per heavy atom. The molecule has 1 aromatic carbocycles. The Morgan fingerprint density at radius 2 is 2.05 bits per heavy atom. The van der Waals surface area contributed by atoms with Crippen LogP contribution in [0.15, 0.2) is 95.2 Å². The van der Waals surface area contributed by atoms with Crippen LogP contribution < -0.4 is 0 Å². The van der Waals surface area contributed by atoms with Crippen LogP contribution >= 0.6 is 19.2 Å². The van der Waals surface area contributed by atoms with Crippen molar-refractivity contribution < 1.29 is 23.5 Å². The predicted octanol–water partition coefficient (Wildman–Crippen LogP) is 9.29. The monoisotopic (exact) mass is 574 g/mol.